The van der Waals surface area contributed by atoms with Crippen molar-refractivity contribution in [1.29, 1.82) is 0 Å². The maximum Gasteiger partial charge on any atom is 0.472 e. The molecule has 1 aliphatic carbocycles. The summed E-state index contributed by atoms with van der Waals surface area (Å²) >= 11 is 0. The summed E-state index contributed by atoms with van der Waals surface area (Å²) in [6.45, 7) is 10.7. The van der Waals surface area contributed by atoms with Gasteiger partial charge in [0.1, 0.15) is 11.3 Å². The van der Waals surface area contributed by atoms with E-state index in [1.54, 1.807) is 0 Å². The maximum atomic E-state index is 7.01. The summed E-state index contributed by atoms with van der Waals surface area (Å²) in [6.07, 6.45) is 5.26. The third-order valence-corrected chi connectivity index (χ3v) is 10.1. The van der Waals surface area contributed by atoms with E-state index in [1.165, 1.54) is 32.7 Å². The third-order valence-electron chi connectivity index (χ3n) is 10.1. The van der Waals surface area contributed by atoms with E-state index >= 15 is 0 Å². The Bertz CT molecular complexity index is 2060. The van der Waals surface area contributed by atoms with Crippen LogP contribution in [0.3, 0.4) is 0 Å². The van der Waals surface area contributed by atoms with Crippen LogP contribution >= 0.6 is 0 Å². The number of benzene rings is 5. The average molecular weight is 563 g/mol. The molecule has 1 saturated heterocycles. The largest absolute Gasteiger partial charge is 0.472 e. The average Bonchev–Trinajstić information content (AvgIpc) is 3.51. The molecule has 0 amide bonds. The van der Waals surface area contributed by atoms with Crippen molar-refractivity contribution in [2.45, 2.75) is 57.6 Å². The van der Waals surface area contributed by atoms with Crippen LogP contribution in [0.2, 0.25) is 0 Å². The lowest BCUT2D eigenvalue weighted by Crippen LogP contribution is -2.44. The molecule has 0 spiro atoms. The highest BCUT2D eigenvalue weighted by Gasteiger charge is 2.60. The van der Waals surface area contributed by atoms with Crippen molar-refractivity contribution in [3.8, 4) is 22.3 Å². The SMILES string of the molecule is CC1(B2OC(C)(C)C(C)(C)O2)CC=Cc2c1oc1c(-c3ccc(-c4cccc5ccccc45)cc3)cc3ccccc3c21. The standard InChI is InChI=1S/C39H35BO3/c1-37(2)38(3,4)43-40(42-37)39(5)23-11-18-32-34-31-16-9-7-13-28(31)24-33(35(34)41-36(32)39)27-21-19-26(20-22-27)30-17-10-14-25-12-6-8-15-29(25)30/h6-22,24H,23H2,1-5H3. The summed E-state index contributed by atoms with van der Waals surface area (Å²) in [6, 6.07) is 34.9. The first kappa shape index (κ1) is 26.5. The van der Waals surface area contributed by atoms with Crippen molar-refractivity contribution in [2.24, 2.45) is 0 Å². The summed E-state index contributed by atoms with van der Waals surface area (Å²) in [7, 11) is -0.420. The first-order valence-electron chi connectivity index (χ1n) is 15.3. The molecule has 212 valence electrons. The van der Waals surface area contributed by atoms with Crippen LogP contribution in [-0.2, 0) is 14.6 Å². The molecule has 0 saturated carbocycles. The molecule has 2 heterocycles. The smallest absolute Gasteiger partial charge is 0.460 e. The summed E-state index contributed by atoms with van der Waals surface area (Å²) in [5.74, 6) is 0.938. The summed E-state index contributed by atoms with van der Waals surface area (Å²) in [4.78, 5) is 0. The molecule has 1 atom stereocenters. The van der Waals surface area contributed by atoms with Gasteiger partial charge in [-0.25, -0.2) is 0 Å². The van der Waals surface area contributed by atoms with Gasteiger partial charge in [-0.1, -0.05) is 110 Å². The second-order valence-electron chi connectivity index (χ2n) is 13.4. The van der Waals surface area contributed by atoms with Gasteiger partial charge in [0.2, 0.25) is 0 Å². The number of rotatable bonds is 3. The predicted molar refractivity (Wildman–Crippen MR) is 179 cm³/mol. The Kier molecular flexibility index (Phi) is 5.67. The molecule has 5 aromatic carbocycles. The molecular weight excluding hydrogens is 527 g/mol. The molecule has 1 unspecified atom stereocenters. The summed E-state index contributed by atoms with van der Waals surface area (Å²) < 4.78 is 20.3. The van der Waals surface area contributed by atoms with Crippen LogP contribution in [0.4, 0.5) is 0 Å². The van der Waals surface area contributed by atoms with E-state index in [2.05, 4.69) is 144 Å². The minimum Gasteiger partial charge on any atom is -0.460 e. The van der Waals surface area contributed by atoms with Crippen molar-refractivity contribution in [3.63, 3.8) is 0 Å². The fraction of sp³-hybridized carbons (Fsp3) is 0.231. The molecule has 6 aromatic rings. The molecule has 0 bridgehead atoms. The number of hydrogen-bond donors (Lipinski definition) is 0. The van der Waals surface area contributed by atoms with Gasteiger partial charge in [0.25, 0.3) is 0 Å². The normalized spacial score (nSPS) is 20.7. The number of furan rings is 1. The van der Waals surface area contributed by atoms with E-state index in [0.29, 0.717) is 0 Å². The van der Waals surface area contributed by atoms with Gasteiger partial charge >= 0.3 is 7.12 Å². The zero-order valence-corrected chi connectivity index (χ0v) is 25.4. The lowest BCUT2D eigenvalue weighted by atomic mass is 9.53. The molecule has 3 nitrogen and oxygen atoms in total. The fourth-order valence-electron chi connectivity index (χ4n) is 6.90. The van der Waals surface area contributed by atoms with E-state index < -0.39 is 23.6 Å². The van der Waals surface area contributed by atoms with Gasteiger partial charge in [-0.2, -0.15) is 0 Å². The topological polar surface area (TPSA) is 31.6 Å². The van der Waals surface area contributed by atoms with Crippen LogP contribution in [0.1, 0.15) is 52.4 Å². The maximum absolute atomic E-state index is 7.01. The molecule has 1 aromatic heterocycles. The lowest BCUT2D eigenvalue weighted by Gasteiger charge is -2.32. The molecule has 0 radical (unpaired) electrons. The number of fused-ring (bicyclic) bond motifs is 6. The van der Waals surface area contributed by atoms with E-state index in [1.807, 2.05) is 0 Å². The van der Waals surface area contributed by atoms with Gasteiger partial charge in [-0.15, -0.1) is 0 Å². The molecule has 8 rings (SSSR count). The van der Waals surface area contributed by atoms with E-state index in [0.717, 1.165) is 39.8 Å². The van der Waals surface area contributed by atoms with Crippen molar-refractivity contribution < 1.29 is 13.7 Å². The summed E-state index contributed by atoms with van der Waals surface area (Å²) in [5, 5.41) is 5.59. The van der Waals surface area contributed by atoms with Gasteiger partial charge in [0.15, 0.2) is 0 Å². The van der Waals surface area contributed by atoms with Crippen molar-refractivity contribution in [2.75, 3.05) is 0 Å². The van der Waals surface area contributed by atoms with Gasteiger partial charge in [-0.3, -0.25) is 0 Å². The van der Waals surface area contributed by atoms with Gasteiger partial charge in [0, 0.05) is 16.5 Å². The molecule has 2 aliphatic rings. The van der Waals surface area contributed by atoms with Crippen molar-refractivity contribution in [1.82, 2.24) is 0 Å². The van der Waals surface area contributed by atoms with Crippen molar-refractivity contribution in [3.05, 3.63) is 114 Å². The van der Waals surface area contributed by atoms with Gasteiger partial charge in [-0.05, 0) is 78.4 Å². The first-order valence-corrected chi connectivity index (χ1v) is 15.3. The Labute approximate surface area is 253 Å². The third kappa shape index (κ3) is 3.90. The Morgan fingerprint density at radius 1 is 0.628 bits per heavy atom. The predicted octanol–water partition coefficient (Wildman–Crippen LogP) is 10.4. The Morgan fingerprint density at radius 3 is 1.95 bits per heavy atom. The second kappa shape index (κ2) is 9.19. The van der Waals surface area contributed by atoms with Gasteiger partial charge in [0.05, 0.1) is 16.5 Å². The molecule has 4 heteroatoms. The summed E-state index contributed by atoms with van der Waals surface area (Å²) in [5.41, 5.74) is 5.87. The zero-order valence-electron chi connectivity index (χ0n) is 25.4. The van der Waals surface area contributed by atoms with E-state index in [-0.39, 0.29) is 0 Å². The quantitative estimate of drug-likeness (QED) is 0.201. The Balaban J connectivity index is 1.30. The van der Waals surface area contributed by atoms with Crippen LogP contribution in [0, 0.1) is 0 Å². The Morgan fingerprint density at radius 2 is 1.23 bits per heavy atom. The molecule has 1 aliphatic heterocycles. The number of hydrogen-bond acceptors (Lipinski definition) is 3. The molecular formula is C39H35BO3. The zero-order chi connectivity index (χ0) is 29.6. The molecule has 0 N–H and O–H groups in total. The highest BCUT2D eigenvalue weighted by atomic mass is 16.7. The highest BCUT2D eigenvalue weighted by molar-refractivity contribution is 6.50. The minimum atomic E-state index is -0.468. The van der Waals surface area contributed by atoms with E-state index in [9.17, 15) is 0 Å². The highest BCUT2D eigenvalue weighted by Crippen LogP contribution is 2.51. The van der Waals surface area contributed by atoms with Crippen LogP contribution < -0.4 is 0 Å². The lowest BCUT2D eigenvalue weighted by molar-refractivity contribution is 0.00578. The number of allylic oxidation sites excluding steroid dienone is 1. The Hall–Kier alpha value is -4.12. The van der Waals surface area contributed by atoms with Crippen LogP contribution in [0.5, 0.6) is 0 Å². The van der Waals surface area contributed by atoms with E-state index in [4.69, 9.17) is 13.7 Å². The van der Waals surface area contributed by atoms with Gasteiger partial charge < -0.3 is 13.7 Å². The molecule has 1 fully saturated rings. The van der Waals surface area contributed by atoms with Crippen LogP contribution in [0.25, 0.3) is 60.8 Å². The molecule has 43 heavy (non-hydrogen) atoms. The monoisotopic (exact) mass is 562 g/mol. The minimum absolute atomic E-state index is 0.419. The van der Waals surface area contributed by atoms with Crippen molar-refractivity contribution >= 4 is 45.7 Å². The fourth-order valence-corrected chi connectivity index (χ4v) is 6.90. The van der Waals surface area contributed by atoms with Crippen LogP contribution in [0.15, 0.2) is 108 Å². The first-order chi connectivity index (χ1) is 20.7. The second-order valence-corrected chi connectivity index (χ2v) is 13.4. The van der Waals surface area contributed by atoms with Crippen LogP contribution in [-0.4, -0.2) is 18.3 Å².